The van der Waals surface area contributed by atoms with Crippen molar-refractivity contribution in [3.05, 3.63) is 0 Å². The zero-order chi connectivity index (χ0) is 26.8. The number of carbonyl (C=O) groups is 2. The average molecular weight is 486 g/mol. The molecule has 0 spiro atoms. The number of ketones is 1. The lowest BCUT2D eigenvalue weighted by molar-refractivity contribution is -0.189. The maximum atomic E-state index is 13.6. The first-order valence-corrected chi connectivity index (χ1v) is 12.7. The van der Waals surface area contributed by atoms with Gasteiger partial charge in [-0.2, -0.15) is 0 Å². The van der Waals surface area contributed by atoms with E-state index in [0.29, 0.717) is 19.4 Å². The van der Waals surface area contributed by atoms with Crippen LogP contribution in [0.4, 0.5) is 0 Å². The van der Waals surface area contributed by atoms with Gasteiger partial charge in [0.2, 0.25) is 0 Å². The van der Waals surface area contributed by atoms with Gasteiger partial charge in [-0.1, -0.05) is 41.5 Å². The van der Waals surface area contributed by atoms with E-state index in [2.05, 4.69) is 34.6 Å². The molecule has 2 N–H and O–H groups in total. The molecule has 1 aliphatic rings. The third-order valence-corrected chi connectivity index (χ3v) is 8.17. The summed E-state index contributed by atoms with van der Waals surface area (Å²) in [6.45, 7) is 19.8. The SMILES string of the molecule is CC[C@H]1OC(=O)[C@H](C)C(=O)[C@H](C)C(C(C)(C)C)[C@](C)(OC)C[C@@H](C)CN(C)[C@H](C)[C@@H](O)[C@]1(C)O. The maximum absolute atomic E-state index is 13.6. The monoisotopic (exact) mass is 485 g/mol. The summed E-state index contributed by atoms with van der Waals surface area (Å²) >= 11 is 0. The number of hydrogen-bond acceptors (Lipinski definition) is 7. The number of aliphatic hydroxyl groups is 2. The number of Topliss-reactive ketones (excluding diaryl/α,β-unsaturated/α-hetero) is 1. The van der Waals surface area contributed by atoms with Gasteiger partial charge in [0, 0.05) is 31.5 Å². The van der Waals surface area contributed by atoms with Crippen molar-refractivity contribution in [2.24, 2.45) is 29.1 Å². The number of ether oxygens (including phenoxy) is 2. The van der Waals surface area contributed by atoms with Crippen LogP contribution in [0.5, 0.6) is 0 Å². The zero-order valence-electron chi connectivity index (χ0n) is 23.6. The van der Waals surface area contributed by atoms with Crippen molar-refractivity contribution in [3.63, 3.8) is 0 Å². The Morgan fingerprint density at radius 3 is 2.12 bits per heavy atom. The smallest absolute Gasteiger partial charge is 0.316 e. The van der Waals surface area contributed by atoms with Gasteiger partial charge in [0.1, 0.15) is 29.5 Å². The van der Waals surface area contributed by atoms with Crippen molar-refractivity contribution >= 4 is 11.8 Å². The minimum absolute atomic E-state index is 0.154. The molecule has 1 fully saturated rings. The van der Waals surface area contributed by atoms with Crippen LogP contribution in [-0.2, 0) is 19.1 Å². The van der Waals surface area contributed by atoms with E-state index in [1.54, 1.807) is 21.0 Å². The quantitative estimate of drug-likeness (QED) is 0.455. The van der Waals surface area contributed by atoms with E-state index < -0.39 is 41.2 Å². The van der Waals surface area contributed by atoms with Crippen LogP contribution in [0.25, 0.3) is 0 Å². The lowest BCUT2D eigenvalue weighted by Gasteiger charge is -2.48. The molecule has 34 heavy (non-hydrogen) atoms. The summed E-state index contributed by atoms with van der Waals surface area (Å²) < 4.78 is 11.8. The second-order valence-corrected chi connectivity index (χ2v) is 12.3. The predicted octanol–water partition coefficient (Wildman–Crippen LogP) is 3.69. The van der Waals surface area contributed by atoms with Crippen LogP contribution in [0.1, 0.15) is 82.1 Å². The van der Waals surface area contributed by atoms with E-state index in [4.69, 9.17) is 9.47 Å². The van der Waals surface area contributed by atoms with Gasteiger partial charge >= 0.3 is 5.97 Å². The molecular formula is C27H51NO6. The van der Waals surface area contributed by atoms with Gasteiger partial charge in [0.05, 0.1) is 5.60 Å². The molecule has 0 bridgehead atoms. The summed E-state index contributed by atoms with van der Waals surface area (Å²) in [7, 11) is 3.61. The summed E-state index contributed by atoms with van der Waals surface area (Å²) in [6.07, 6.45) is -1.09. The number of aliphatic hydroxyl groups excluding tert-OH is 1. The normalized spacial score (nSPS) is 42.6. The molecule has 1 heterocycles. The largest absolute Gasteiger partial charge is 0.459 e. The molecule has 1 unspecified atom stereocenters. The first-order chi connectivity index (χ1) is 15.3. The third-order valence-electron chi connectivity index (χ3n) is 8.17. The minimum atomic E-state index is -1.68. The highest BCUT2D eigenvalue weighted by molar-refractivity contribution is 5.99. The van der Waals surface area contributed by atoms with E-state index in [1.807, 2.05) is 25.8 Å². The van der Waals surface area contributed by atoms with Gasteiger partial charge in [-0.05, 0) is 58.9 Å². The van der Waals surface area contributed by atoms with E-state index in [0.717, 1.165) is 0 Å². The molecule has 200 valence electrons. The molecule has 1 saturated heterocycles. The number of esters is 1. The Hall–Kier alpha value is -1.02. The van der Waals surface area contributed by atoms with Crippen LogP contribution >= 0.6 is 0 Å². The fourth-order valence-corrected chi connectivity index (χ4v) is 6.40. The Morgan fingerprint density at radius 2 is 1.68 bits per heavy atom. The van der Waals surface area contributed by atoms with Crippen molar-refractivity contribution in [2.75, 3.05) is 20.7 Å². The summed E-state index contributed by atoms with van der Waals surface area (Å²) in [5, 5.41) is 22.4. The topological polar surface area (TPSA) is 96.3 Å². The Kier molecular flexibility index (Phi) is 10.4. The van der Waals surface area contributed by atoms with Gasteiger partial charge in [-0.3, -0.25) is 9.59 Å². The highest BCUT2D eigenvalue weighted by Crippen LogP contribution is 2.46. The number of rotatable bonds is 2. The Labute approximate surface area is 207 Å². The van der Waals surface area contributed by atoms with E-state index in [9.17, 15) is 19.8 Å². The van der Waals surface area contributed by atoms with Crippen LogP contribution in [0, 0.1) is 29.1 Å². The van der Waals surface area contributed by atoms with Crippen LogP contribution in [0.3, 0.4) is 0 Å². The molecule has 0 aliphatic carbocycles. The van der Waals surface area contributed by atoms with Crippen LogP contribution < -0.4 is 0 Å². The molecule has 7 nitrogen and oxygen atoms in total. The first-order valence-electron chi connectivity index (χ1n) is 12.7. The number of methoxy groups -OCH3 is 1. The maximum Gasteiger partial charge on any atom is 0.316 e. The number of cyclic esters (lactones) is 1. The van der Waals surface area contributed by atoms with Crippen molar-refractivity contribution < 1.29 is 29.3 Å². The Morgan fingerprint density at radius 1 is 1.15 bits per heavy atom. The molecule has 0 aromatic carbocycles. The van der Waals surface area contributed by atoms with E-state index in [-0.39, 0.29) is 29.1 Å². The van der Waals surface area contributed by atoms with Gasteiger partial charge in [0.25, 0.3) is 0 Å². The van der Waals surface area contributed by atoms with Crippen molar-refractivity contribution in [3.8, 4) is 0 Å². The Balaban J connectivity index is 3.62. The third kappa shape index (κ3) is 6.59. The molecule has 0 saturated carbocycles. The summed E-state index contributed by atoms with van der Waals surface area (Å²) in [5.74, 6) is -2.29. The molecule has 1 aliphatic heterocycles. The number of likely N-dealkylation sites (N-methyl/N-ethyl adjacent to an activating group) is 1. The van der Waals surface area contributed by atoms with E-state index in [1.165, 1.54) is 6.92 Å². The molecule has 7 heteroatoms. The summed E-state index contributed by atoms with van der Waals surface area (Å²) in [5.41, 5.74) is -2.55. The van der Waals surface area contributed by atoms with Crippen LogP contribution in [0.2, 0.25) is 0 Å². The van der Waals surface area contributed by atoms with E-state index >= 15 is 0 Å². The lowest BCUT2D eigenvalue weighted by Crippen LogP contribution is -2.59. The lowest BCUT2D eigenvalue weighted by atomic mass is 9.61. The standard InChI is InChI=1S/C27H51NO6/c1-13-20-27(10,32)23(30)19(5)28(11)15-16(2)14-26(9,33-12)22(25(6,7)8)17(3)21(29)18(4)24(31)34-20/h16-20,22-23,30,32H,13-15H2,1-12H3/t16-,17+,18-,19-,20-,22?,23-,26-,27-/m1/s1. The fraction of sp³-hybridized carbons (Fsp3) is 0.926. The molecule has 0 aromatic rings. The summed E-state index contributed by atoms with van der Waals surface area (Å²) in [4.78, 5) is 28.7. The second kappa shape index (κ2) is 11.4. The van der Waals surface area contributed by atoms with Gasteiger partial charge in [-0.25, -0.2) is 0 Å². The first kappa shape index (κ1) is 31.0. The number of hydrogen-bond donors (Lipinski definition) is 2. The molecular weight excluding hydrogens is 434 g/mol. The van der Waals surface area contributed by atoms with Gasteiger partial charge < -0.3 is 24.6 Å². The van der Waals surface area contributed by atoms with Crippen molar-refractivity contribution in [1.29, 1.82) is 0 Å². The Bertz CT molecular complexity index is 702. The predicted molar refractivity (Wildman–Crippen MR) is 134 cm³/mol. The van der Waals surface area contributed by atoms with Crippen LogP contribution in [-0.4, -0.2) is 77.0 Å². The molecule has 1 rings (SSSR count). The zero-order valence-corrected chi connectivity index (χ0v) is 23.6. The fourth-order valence-electron chi connectivity index (χ4n) is 6.40. The molecule has 9 atom stereocenters. The summed E-state index contributed by atoms with van der Waals surface area (Å²) in [6, 6.07) is -0.388. The molecule has 0 amide bonds. The molecule has 0 aromatic heterocycles. The average Bonchev–Trinajstić information content (AvgIpc) is 2.72. The van der Waals surface area contributed by atoms with Gasteiger partial charge in [0.15, 0.2) is 0 Å². The molecule has 0 radical (unpaired) electrons. The van der Waals surface area contributed by atoms with Crippen molar-refractivity contribution in [2.45, 2.75) is 112 Å². The minimum Gasteiger partial charge on any atom is -0.459 e. The highest BCUT2D eigenvalue weighted by atomic mass is 16.6. The van der Waals surface area contributed by atoms with Crippen LogP contribution in [0.15, 0.2) is 0 Å². The number of carbonyl (C=O) groups excluding carboxylic acids is 2. The number of nitrogens with zero attached hydrogens (tertiary/aromatic N) is 1. The second-order valence-electron chi connectivity index (χ2n) is 12.3. The van der Waals surface area contributed by atoms with Gasteiger partial charge in [-0.15, -0.1) is 0 Å². The highest BCUT2D eigenvalue weighted by Gasteiger charge is 2.50. The van der Waals surface area contributed by atoms with Crippen molar-refractivity contribution in [1.82, 2.24) is 4.90 Å².